The molecule has 0 saturated carbocycles. The summed E-state index contributed by atoms with van der Waals surface area (Å²) in [6.07, 6.45) is -7.01. The van der Waals surface area contributed by atoms with Crippen molar-refractivity contribution in [3.63, 3.8) is 0 Å². The minimum absolute atomic E-state index is 0.0676. The van der Waals surface area contributed by atoms with E-state index in [1.165, 1.54) is 13.8 Å². The fourth-order valence-electron chi connectivity index (χ4n) is 2.43. The second-order valence-corrected chi connectivity index (χ2v) is 6.05. The van der Waals surface area contributed by atoms with Crippen LogP contribution in [0.15, 0.2) is 0 Å². The van der Waals surface area contributed by atoms with Crippen LogP contribution in [0.5, 0.6) is 0 Å². The third-order valence-electron chi connectivity index (χ3n) is 3.75. The molecule has 1 unspecified atom stereocenters. The number of carbonyl (C=O) groups is 2. The standard InChI is InChI=1S/C16H24ClF5O4/c1-3-25-13(23)12(14(24)26-4-2)11(7-5-6-10-17)8-9-15(18,19)16(20,21)22/h11-12H,3-10H2,1-2H3. The van der Waals surface area contributed by atoms with Gasteiger partial charge in [-0.05, 0) is 39.0 Å². The average Bonchev–Trinajstić information content (AvgIpc) is 2.52. The highest BCUT2D eigenvalue weighted by Crippen LogP contribution is 2.41. The van der Waals surface area contributed by atoms with Crippen LogP contribution >= 0.6 is 11.6 Å². The molecule has 0 aliphatic rings. The van der Waals surface area contributed by atoms with E-state index in [9.17, 15) is 31.5 Å². The van der Waals surface area contributed by atoms with Crippen molar-refractivity contribution in [3.8, 4) is 0 Å². The Bertz CT molecular complexity index is 425. The van der Waals surface area contributed by atoms with Gasteiger partial charge in [0.25, 0.3) is 0 Å². The maximum atomic E-state index is 13.3. The molecule has 0 aromatic carbocycles. The van der Waals surface area contributed by atoms with Crippen LogP contribution < -0.4 is 0 Å². The van der Waals surface area contributed by atoms with E-state index in [2.05, 4.69) is 0 Å². The number of alkyl halides is 6. The van der Waals surface area contributed by atoms with Crippen LogP contribution in [0, 0.1) is 11.8 Å². The molecule has 4 nitrogen and oxygen atoms in total. The molecular formula is C16H24ClF5O4. The second-order valence-electron chi connectivity index (χ2n) is 5.67. The molecule has 154 valence electrons. The predicted octanol–water partition coefficient (Wildman–Crippen LogP) is 4.73. The van der Waals surface area contributed by atoms with Crippen LogP contribution in [-0.4, -0.2) is 43.1 Å². The van der Waals surface area contributed by atoms with Gasteiger partial charge < -0.3 is 9.47 Å². The molecule has 0 rings (SSSR count). The molecule has 0 fully saturated rings. The Kier molecular flexibility index (Phi) is 11.1. The summed E-state index contributed by atoms with van der Waals surface area (Å²) in [7, 11) is 0. The van der Waals surface area contributed by atoms with Gasteiger partial charge in [0.15, 0.2) is 5.92 Å². The molecule has 0 aliphatic carbocycles. The third-order valence-corrected chi connectivity index (χ3v) is 4.02. The lowest BCUT2D eigenvalue weighted by Gasteiger charge is -2.27. The van der Waals surface area contributed by atoms with E-state index in [1.54, 1.807) is 0 Å². The first-order chi connectivity index (χ1) is 12.0. The highest BCUT2D eigenvalue weighted by molar-refractivity contribution is 6.17. The van der Waals surface area contributed by atoms with Crippen molar-refractivity contribution in [2.75, 3.05) is 19.1 Å². The summed E-state index contributed by atoms with van der Waals surface area (Å²) in [5.74, 6) is -9.24. The quantitative estimate of drug-likeness (QED) is 0.153. The fraction of sp³-hybridized carbons (Fsp3) is 0.875. The molecule has 0 bridgehead atoms. The maximum Gasteiger partial charge on any atom is 0.453 e. The van der Waals surface area contributed by atoms with Crippen molar-refractivity contribution in [2.24, 2.45) is 11.8 Å². The molecule has 0 aromatic heterocycles. The van der Waals surface area contributed by atoms with Crippen molar-refractivity contribution in [2.45, 2.75) is 58.1 Å². The van der Waals surface area contributed by atoms with Crippen molar-refractivity contribution in [3.05, 3.63) is 0 Å². The molecule has 0 amide bonds. The summed E-state index contributed by atoms with van der Waals surface area (Å²) in [6.45, 7) is 2.84. The monoisotopic (exact) mass is 410 g/mol. The van der Waals surface area contributed by atoms with Gasteiger partial charge in [0.1, 0.15) is 0 Å². The predicted molar refractivity (Wildman–Crippen MR) is 85.1 cm³/mol. The van der Waals surface area contributed by atoms with Crippen LogP contribution in [0.4, 0.5) is 22.0 Å². The smallest absolute Gasteiger partial charge is 0.453 e. The number of hydrogen-bond donors (Lipinski definition) is 0. The lowest BCUT2D eigenvalue weighted by molar-refractivity contribution is -0.285. The Morgan fingerprint density at radius 3 is 1.81 bits per heavy atom. The molecule has 10 heteroatoms. The Morgan fingerprint density at radius 1 is 0.923 bits per heavy atom. The van der Waals surface area contributed by atoms with Gasteiger partial charge in [-0.3, -0.25) is 9.59 Å². The van der Waals surface area contributed by atoms with Crippen LogP contribution in [-0.2, 0) is 19.1 Å². The lowest BCUT2D eigenvalue weighted by Crippen LogP contribution is -2.39. The van der Waals surface area contributed by atoms with Gasteiger partial charge in [0, 0.05) is 12.3 Å². The second kappa shape index (κ2) is 11.6. The summed E-state index contributed by atoms with van der Waals surface area (Å²) >= 11 is 5.55. The Labute approximate surface area is 154 Å². The first kappa shape index (κ1) is 24.9. The number of unbranched alkanes of at least 4 members (excludes halogenated alkanes) is 1. The van der Waals surface area contributed by atoms with E-state index < -0.39 is 48.7 Å². The van der Waals surface area contributed by atoms with Crippen molar-refractivity contribution >= 4 is 23.5 Å². The number of rotatable bonds is 12. The Balaban J connectivity index is 5.41. The zero-order valence-electron chi connectivity index (χ0n) is 14.7. The summed E-state index contributed by atoms with van der Waals surface area (Å²) < 4.78 is 73.3. The summed E-state index contributed by atoms with van der Waals surface area (Å²) in [5.41, 5.74) is 0. The van der Waals surface area contributed by atoms with Crippen molar-refractivity contribution < 1.29 is 41.0 Å². The number of ether oxygens (including phenoxy) is 2. The Hall–Kier alpha value is -1.12. The van der Waals surface area contributed by atoms with Crippen LogP contribution in [0.25, 0.3) is 0 Å². The third kappa shape index (κ3) is 8.05. The minimum Gasteiger partial charge on any atom is -0.465 e. The van der Waals surface area contributed by atoms with Crippen LogP contribution in [0.2, 0.25) is 0 Å². The van der Waals surface area contributed by atoms with E-state index in [1.807, 2.05) is 0 Å². The van der Waals surface area contributed by atoms with E-state index in [-0.39, 0.29) is 25.5 Å². The van der Waals surface area contributed by atoms with Gasteiger partial charge in [-0.2, -0.15) is 22.0 Å². The first-order valence-corrected chi connectivity index (χ1v) is 8.89. The topological polar surface area (TPSA) is 52.6 Å². The van der Waals surface area contributed by atoms with Gasteiger partial charge in [-0.1, -0.05) is 6.42 Å². The molecule has 0 saturated heterocycles. The first-order valence-electron chi connectivity index (χ1n) is 8.35. The fourth-order valence-corrected chi connectivity index (χ4v) is 2.62. The summed E-state index contributed by atoms with van der Waals surface area (Å²) in [6, 6.07) is 0. The maximum absolute atomic E-state index is 13.3. The molecular weight excluding hydrogens is 387 g/mol. The number of esters is 2. The van der Waals surface area contributed by atoms with E-state index in [0.29, 0.717) is 12.8 Å². The van der Waals surface area contributed by atoms with Gasteiger partial charge in [0.05, 0.1) is 13.2 Å². The number of hydrogen-bond acceptors (Lipinski definition) is 4. The van der Waals surface area contributed by atoms with Crippen molar-refractivity contribution in [1.29, 1.82) is 0 Å². The molecule has 0 aliphatic heterocycles. The molecule has 0 heterocycles. The highest BCUT2D eigenvalue weighted by Gasteiger charge is 2.57. The van der Waals surface area contributed by atoms with E-state index >= 15 is 0 Å². The summed E-state index contributed by atoms with van der Waals surface area (Å²) in [4.78, 5) is 24.2. The molecule has 0 radical (unpaired) electrons. The van der Waals surface area contributed by atoms with Crippen LogP contribution in [0.1, 0.15) is 46.0 Å². The molecule has 1 atom stereocenters. The molecule has 0 spiro atoms. The molecule has 0 N–H and O–H groups in total. The average molecular weight is 411 g/mol. The largest absolute Gasteiger partial charge is 0.465 e. The zero-order valence-corrected chi connectivity index (χ0v) is 15.5. The normalized spacial score (nSPS) is 13.6. The zero-order chi connectivity index (χ0) is 20.4. The SMILES string of the molecule is CCOC(=O)C(C(=O)OCC)C(CCCCCl)CCC(F)(F)C(F)(F)F. The lowest BCUT2D eigenvalue weighted by atomic mass is 9.83. The van der Waals surface area contributed by atoms with Crippen molar-refractivity contribution in [1.82, 2.24) is 0 Å². The van der Waals surface area contributed by atoms with Gasteiger partial charge in [-0.25, -0.2) is 0 Å². The minimum atomic E-state index is -5.70. The van der Waals surface area contributed by atoms with Crippen LogP contribution in [0.3, 0.4) is 0 Å². The molecule has 26 heavy (non-hydrogen) atoms. The number of carbonyl (C=O) groups excluding carboxylic acids is 2. The van der Waals surface area contributed by atoms with Gasteiger partial charge in [-0.15, -0.1) is 11.6 Å². The van der Waals surface area contributed by atoms with E-state index in [4.69, 9.17) is 21.1 Å². The number of halogens is 6. The summed E-state index contributed by atoms with van der Waals surface area (Å²) in [5, 5.41) is 0. The Morgan fingerprint density at radius 2 is 1.42 bits per heavy atom. The highest BCUT2D eigenvalue weighted by atomic mass is 35.5. The van der Waals surface area contributed by atoms with Gasteiger partial charge >= 0.3 is 24.0 Å². The van der Waals surface area contributed by atoms with E-state index in [0.717, 1.165) is 0 Å². The van der Waals surface area contributed by atoms with Gasteiger partial charge in [0.2, 0.25) is 0 Å². The molecule has 0 aromatic rings.